The van der Waals surface area contributed by atoms with Gasteiger partial charge in [0.05, 0.1) is 13.3 Å². The minimum Gasteiger partial charge on any atom is -0.303 e. The minimum absolute atomic E-state index is 0.178. The Morgan fingerprint density at radius 3 is 3.00 bits per heavy atom. The van der Waals surface area contributed by atoms with E-state index < -0.39 is 11.8 Å². The molecule has 0 fully saturated rings. The molecule has 17 heavy (non-hydrogen) atoms. The van der Waals surface area contributed by atoms with Crippen molar-refractivity contribution in [1.82, 2.24) is 4.98 Å². The zero-order valence-electron chi connectivity index (χ0n) is 8.77. The minimum atomic E-state index is -0.673. The number of nitrogens with one attached hydrogen (secondary N) is 2. The summed E-state index contributed by atoms with van der Waals surface area (Å²) in [6.45, 7) is 0. The summed E-state index contributed by atoms with van der Waals surface area (Å²) in [6.07, 6.45) is 0.597. The Hall–Kier alpha value is -1.51. The molecular formula is C8H9ClN4O3S. The van der Waals surface area contributed by atoms with Crippen molar-refractivity contribution in [3.8, 4) is 0 Å². The standard InChI is InChI=1S/C8H9ClN4O3S/c1-16-13(7(15)3-10)5-4-17-8(11-5)12-6(14)2-9/h3-4,10H,2H2,1H3,(H,11,12,14). The molecule has 0 spiro atoms. The van der Waals surface area contributed by atoms with Gasteiger partial charge in [-0.05, 0) is 0 Å². The van der Waals surface area contributed by atoms with Gasteiger partial charge in [-0.25, -0.2) is 0 Å². The second-order valence-corrected chi connectivity index (χ2v) is 3.78. The van der Waals surface area contributed by atoms with Crippen LogP contribution in [0.15, 0.2) is 5.38 Å². The lowest BCUT2D eigenvalue weighted by molar-refractivity contribution is -0.118. The Bertz CT molecular complexity index is 436. The first-order chi connectivity index (χ1) is 8.12. The van der Waals surface area contributed by atoms with E-state index in [1.807, 2.05) is 0 Å². The lowest BCUT2D eigenvalue weighted by Gasteiger charge is -2.13. The molecule has 0 aliphatic carbocycles. The fraction of sp³-hybridized carbons (Fsp3) is 0.250. The normalized spacial score (nSPS) is 9.76. The smallest absolute Gasteiger partial charge is 0.294 e. The van der Waals surface area contributed by atoms with Gasteiger partial charge in [-0.1, -0.05) is 0 Å². The van der Waals surface area contributed by atoms with Crippen LogP contribution in [0.5, 0.6) is 0 Å². The number of nitrogens with zero attached hydrogens (tertiary/aromatic N) is 2. The molecule has 2 amide bonds. The Kier molecular flexibility index (Phi) is 5.01. The van der Waals surface area contributed by atoms with Gasteiger partial charge in [0.15, 0.2) is 10.9 Å². The molecule has 0 saturated heterocycles. The molecule has 0 saturated carbocycles. The van der Waals surface area contributed by atoms with Crippen molar-refractivity contribution in [3.05, 3.63) is 5.38 Å². The highest BCUT2D eigenvalue weighted by atomic mass is 35.5. The van der Waals surface area contributed by atoms with E-state index in [1.54, 1.807) is 0 Å². The van der Waals surface area contributed by atoms with E-state index in [-0.39, 0.29) is 11.7 Å². The lowest BCUT2D eigenvalue weighted by atomic mass is 10.6. The van der Waals surface area contributed by atoms with Crippen LogP contribution in [-0.2, 0) is 14.4 Å². The lowest BCUT2D eigenvalue weighted by Crippen LogP contribution is -2.30. The molecule has 0 aliphatic rings. The predicted octanol–water partition coefficient (Wildman–Crippen LogP) is 0.864. The van der Waals surface area contributed by atoms with Crippen LogP contribution in [0.3, 0.4) is 0 Å². The quantitative estimate of drug-likeness (QED) is 0.474. The molecule has 0 bridgehead atoms. The highest BCUT2D eigenvalue weighted by Crippen LogP contribution is 2.22. The van der Waals surface area contributed by atoms with Gasteiger partial charge in [-0.15, -0.1) is 22.9 Å². The predicted molar refractivity (Wildman–Crippen MR) is 64.7 cm³/mol. The van der Waals surface area contributed by atoms with Crippen LogP contribution >= 0.6 is 22.9 Å². The third-order valence-electron chi connectivity index (χ3n) is 1.57. The Morgan fingerprint density at radius 1 is 1.76 bits per heavy atom. The summed E-state index contributed by atoms with van der Waals surface area (Å²) in [7, 11) is 1.28. The van der Waals surface area contributed by atoms with Gasteiger partial charge in [0.25, 0.3) is 5.91 Å². The number of halogens is 1. The molecule has 2 N–H and O–H groups in total. The Balaban J connectivity index is 2.82. The second kappa shape index (κ2) is 6.28. The topological polar surface area (TPSA) is 95.4 Å². The molecular weight excluding hydrogens is 268 g/mol. The summed E-state index contributed by atoms with van der Waals surface area (Å²) < 4.78 is 0. The van der Waals surface area contributed by atoms with E-state index in [0.717, 1.165) is 16.4 Å². The van der Waals surface area contributed by atoms with Crippen LogP contribution in [0.2, 0.25) is 0 Å². The number of alkyl halides is 1. The molecule has 1 aromatic rings. The number of anilines is 2. The maximum Gasteiger partial charge on any atom is 0.294 e. The zero-order valence-corrected chi connectivity index (χ0v) is 10.3. The molecule has 0 aliphatic heterocycles. The number of thiazole rings is 1. The number of rotatable bonds is 5. The van der Waals surface area contributed by atoms with Crippen LogP contribution in [-0.4, -0.2) is 36.0 Å². The number of carbonyl (C=O) groups excluding carboxylic acids is 2. The number of amides is 2. The van der Waals surface area contributed by atoms with E-state index in [2.05, 4.69) is 10.3 Å². The molecule has 0 unspecified atom stereocenters. The number of hydrogen-bond donors (Lipinski definition) is 2. The fourth-order valence-corrected chi connectivity index (χ4v) is 1.67. The van der Waals surface area contributed by atoms with Crippen molar-refractivity contribution in [3.63, 3.8) is 0 Å². The summed E-state index contributed by atoms with van der Waals surface area (Å²) in [6, 6.07) is 0. The average Bonchev–Trinajstić information content (AvgIpc) is 2.77. The molecule has 0 aromatic carbocycles. The number of carbonyl (C=O) groups is 2. The van der Waals surface area contributed by atoms with Crippen LogP contribution in [0, 0.1) is 5.41 Å². The summed E-state index contributed by atoms with van der Waals surface area (Å²) in [5.41, 5.74) is 0. The SMILES string of the molecule is CON(C(=O)C=N)c1csc(NC(=O)CCl)n1. The molecule has 0 radical (unpaired) electrons. The zero-order chi connectivity index (χ0) is 12.8. The highest BCUT2D eigenvalue weighted by Gasteiger charge is 2.17. The largest absolute Gasteiger partial charge is 0.303 e. The van der Waals surface area contributed by atoms with E-state index in [4.69, 9.17) is 21.8 Å². The van der Waals surface area contributed by atoms with Gasteiger partial charge in [0.2, 0.25) is 5.91 Å². The van der Waals surface area contributed by atoms with E-state index in [1.165, 1.54) is 12.5 Å². The third-order valence-corrected chi connectivity index (χ3v) is 2.56. The van der Waals surface area contributed by atoms with Crippen LogP contribution in [0.25, 0.3) is 0 Å². The van der Waals surface area contributed by atoms with Crippen molar-refractivity contribution < 1.29 is 14.4 Å². The Labute approximate surface area is 106 Å². The molecule has 1 heterocycles. The Morgan fingerprint density at radius 2 is 2.47 bits per heavy atom. The summed E-state index contributed by atoms with van der Waals surface area (Å²) in [5, 5.41) is 11.9. The van der Waals surface area contributed by atoms with E-state index in [0.29, 0.717) is 11.3 Å². The van der Waals surface area contributed by atoms with Crippen molar-refractivity contribution in [2.24, 2.45) is 0 Å². The summed E-state index contributed by atoms with van der Waals surface area (Å²) in [4.78, 5) is 31.0. The molecule has 92 valence electrons. The van der Waals surface area contributed by atoms with Crippen molar-refractivity contribution in [2.45, 2.75) is 0 Å². The van der Waals surface area contributed by atoms with Crippen LogP contribution in [0.1, 0.15) is 0 Å². The fourth-order valence-electron chi connectivity index (χ4n) is 0.924. The highest BCUT2D eigenvalue weighted by molar-refractivity contribution is 7.14. The number of hydrogen-bond acceptors (Lipinski definition) is 6. The summed E-state index contributed by atoms with van der Waals surface area (Å²) in [5.74, 6) is -1.05. The number of hydroxylamine groups is 1. The molecule has 0 atom stereocenters. The maximum absolute atomic E-state index is 11.2. The van der Waals surface area contributed by atoms with Crippen molar-refractivity contribution >= 4 is 51.9 Å². The van der Waals surface area contributed by atoms with Gasteiger partial charge in [-0.2, -0.15) is 10.0 Å². The molecule has 9 heteroatoms. The first-order valence-corrected chi connectivity index (χ1v) is 5.73. The second-order valence-electron chi connectivity index (χ2n) is 2.65. The van der Waals surface area contributed by atoms with Gasteiger partial charge >= 0.3 is 0 Å². The van der Waals surface area contributed by atoms with Crippen molar-refractivity contribution in [2.75, 3.05) is 23.4 Å². The van der Waals surface area contributed by atoms with Gasteiger partial charge in [0.1, 0.15) is 5.88 Å². The first kappa shape index (κ1) is 13.6. The molecule has 1 aromatic heterocycles. The van der Waals surface area contributed by atoms with E-state index in [9.17, 15) is 9.59 Å². The van der Waals surface area contributed by atoms with Gasteiger partial charge < -0.3 is 10.7 Å². The van der Waals surface area contributed by atoms with E-state index >= 15 is 0 Å². The monoisotopic (exact) mass is 276 g/mol. The molecule has 7 nitrogen and oxygen atoms in total. The van der Waals surface area contributed by atoms with Crippen molar-refractivity contribution in [1.29, 1.82) is 5.41 Å². The van der Waals surface area contributed by atoms with Gasteiger partial charge in [0, 0.05) is 5.38 Å². The van der Waals surface area contributed by atoms with Crippen LogP contribution < -0.4 is 10.4 Å². The maximum atomic E-state index is 11.2. The first-order valence-electron chi connectivity index (χ1n) is 4.32. The third kappa shape index (κ3) is 3.48. The summed E-state index contributed by atoms with van der Waals surface area (Å²) >= 11 is 6.43. The number of aromatic nitrogens is 1. The average molecular weight is 277 g/mol. The molecule has 1 rings (SSSR count). The van der Waals surface area contributed by atoms with Crippen LogP contribution in [0.4, 0.5) is 10.9 Å². The van der Waals surface area contributed by atoms with Gasteiger partial charge in [-0.3, -0.25) is 14.4 Å².